The fraction of sp³-hybridized carbons (Fsp3) is 0.0192. The Balaban J connectivity index is 1.09. The molecule has 0 unspecified atom stereocenters. The fourth-order valence-corrected chi connectivity index (χ4v) is 8.82. The monoisotopic (exact) mass is 715 g/mol. The van der Waals surface area contributed by atoms with Gasteiger partial charge in [0.2, 0.25) is 0 Å². The van der Waals surface area contributed by atoms with Crippen LogP contribution in [-0.2, 0) is 5.41 Å². The van der Waals surface area contributed by atoms with E-state index in [0.29, 0.717) is 17.5 Å². The van der Waals surface area contributed by atoms with Crippen LogP contribution in [0, 0.1) is 0 Å². The number of hydrogen-bond acceptors (Lipinski definition) is 4. The van der Waals surface area contributed by atoms with Gasteiger partial charge in [0, 0.05) is 33.4 Å². The molecule has 2 aliphatic rings. The highest BCUT2D eigenvalue weighted by Crippen LogP contribution is 2.63. The predicted octanol–water partition coefficient (Wildman–Crippen LogP) is 12.7. The summed E-state index contributed by atoms with van der Waals surface area (Å²) in [7, 11) is 0. The first kappa shape index (κ1) is 32.0. The first-order chi connectivity index (χ1) is 27.8. The zero-order valence-corrected chi connectivity index (χ0v) is 30.3. The van der Waals surface area contributed by atoms with Crippen molar-refractivity contribution in [2.45, 2.75) is 5.41 Å². The van der Waals surface area contributed by atoms with Gasteiger partial charge in [-0.1, -0.05) is 188 Å². The smallest absolute Gasteiger partial charge is 0.164 e. The summed E-state index contributed by atoms with van der Waals surface area (Å²) >= 11 is 0. The van der Waals surface area contributed by atoms with Crippen LogP contribution in [-0.4, -0.2) is 15.0 Å². The Morgan fingerprint density at radius 1 is 0.304 bits per heavy atom. The highest BCUT2D eigenvalue weighted by atomic mass is 16.5. The third kappa shape index (κ3) is 4.89. The van der Waals surface area contributed by atoms with Crippen LogP contribution < -0.4 is 4.74 Å². The van der Waals surface area contributed by atoms with E-state index in [1.165, 1.54) is 22.3 Å². The molecule has 0 saturated heterocycles. The van der Waals surface area contributed by atoms with Crippen LogP contribution in [0.5, 0.6) is 11.5 Å². The Morgan fingerprint density at radius 3 is 1.38 bits per heavy atom. The van der Waals surface area contributed by atoms with Crippen molar-refractivity contribution in [3.8, 4) is 79.0 Å². The highest BCUT2D eigenvalue weighted by molar-refractivity contribution is 5.93. The SMILES string of the molecule is c1ccc(-c2nc(-c3ccccc3)nc(-c3cccc(-c4ccccc4-c4cccc5c4Oc4ccccc4C54c5ccccc5-c5ccccc54)c3)n2)cc1. The summed E-state index contributed by atoms with van der Waals surface area (Å²) in [6.45, 7) is 0. The third-order valence-corrected chi connectivity index (χ3v) is 11.2. The van der Waals surface area contributed by atoms with E-state index in [0.717, 1.165) is 61.6 Å². The van der Waals surface area contributed by atoms with E-state index in [9.17, 15) is 0 Å². The number of benzene rings is 8. The van der Waals surface area contributed by atoms with E-state index in [2.05, 4.69) is 140 Å². The van der Waals surface area contributed by atoms with Gasteiger partial charge >= 0.3 is 0 Å². The average molecular weight is 716 g/mol. The van der Waals surface area contributed by atoms with Gasteiger partial charge in [0.05, 0.1) is 5.41 Å². The quantitative estimate of drug-likeness (QED) is 0.178. The highest BCUT2D eigenvalue weighted by Gasteiger charge is 2.51. The standard InChI is InChI=1S/C52H33N3O/c1-3-17-34(18-4-1)49-53-50(35-19-5-2-6-20-35)55-51(54-49)37-22-15-21-36(33-37)38-23-7-8-24-39(38)42-27-16-31-46-48(42)56-47-32-14-13-30-45(47)52(46)43-28-11-9-25-40(43)41-26-10-12-29-44(41)52/h1-33H. The number of aromatic nitrogens is 3. The van der Waals surface area contributed by atoms with Gasteiger partial charge in [0.25, 0.3) is 0 Å². The van der Waals surface area contributed by atoms with Gasteiger partial charge in [0.15, 0.2) is 17.5 Å². The maximum atomic E-state index is 7.05. The van der Waals surface area contributed by atoms with E-state index in [1.54, 1.807) is 0 Å². The molecule has 262 valence electrons. The molecule has 4 nitrogen and oxygen atoms in total. The second-order valence-electron chi connectivity index (χ2n) is 14.3. The predicted molar refractivity (Wildman–Crippen MR) is 224 cm³/mol. The minimum absolute atomic E-state index is 0.534. The number of hydrogen-bond donors (Lipinski definition) is 0. The lowest BCUT2D eigenvalue weighted by molar-refractivity contribution is 0.438. The summed E-state index contributed by atoms with van der Waals surface area (Å²) in [5, 5.41) is 0. The van der Waals surface area contributed by atoms with E-state index >= 15 is 0 Å². The van der Waals surface area contributed by atoms with Crippen LogP contribution in [0.3, 0.4) is 0 Å². The molecule has 0 fully saturated rings. The minimum atomic E-state index is -0.534. The lowest BCUT2D eigenvalue weighted by Crippen LogP contribution is -2.32. The normalized spacial score (nSPS) is 12.9. The lowest BCUT2D eigenvalue weighted by Gasteiger charge is -2.40. The zero-order chi connectivity index (χ0) is 37.1. The van der Waals surface area contributed by atoms with Gasteiger partial charge in [-0.05, 0) is 51.1 Å². The Labute approximate surface area is 325 Å². The van der Waals surface area contributed by atoms with Crippen LogP contribution in [0.25, 0.3) is 67.5 Å². The molecular weight excluding hydrogens is 683 g/mol. The maximum absolute atomic E-state index is 7.05. The van der Waals surface area contributed by atoms with Crippen LogP contribution in [0.15, 0.2) is 200 Å². The molecule has 11 rings (SSSR count). The Bertz CT molecular complexity index is 2850. The molecule has 0 N–H and O–H groups in total. The summed E-state index contributed by atoms with van der Waals surface area (Å²) in [6.07, 6.45) is 0. The minimum Gasteiger partial charge on any atom is -0.456 e. The molecule has 0 amide bonds. The van der Waals surface area contributed by atoms with Crippen molar-refractivity contribution < 1.29 is 4.74 Å². The summed E-state index contributed by atoms with van der Waals surface area (Å²) in [5.74, 6) is 3.64. The summed E-state index contributed by atoms with van der Waals surface area (Å²) in [5.41, 5.74) is 13.9. The molecule has 1 spiro atoms. The van der Waals surface area contributed by atoms with Crippen LogP contribution in [0.1, 0.15) is 22.3 Å². The van der Waals surface area contributed by atoms with Crippen molar-refractivity contribution in [2.24, 2.45) is 0 Å². The second-order valence-corrected chi connectivity index (χ2v) is 14.3. The van der Waals surface area contributed by atoms with Crippen molar-refractivity contribution in [1.29, 1.82) is 0 Å². The third-order valence-electron chi connectivity index (χ3n) is 11.2. The van der Waals surface area contributed by atoms with Crippen LogP contribution in [0.2, 0.25) is 0 Å². The number of fused-ring (bicyclic) bond motifs is 9. The van der Waals surface area contributed by atoms with Gasteiger partial charge in [-0.3, -0.25) is 0 Å². The Morgan fingerprint density at radius 2 is 0.732 bits per heavy atom. The van der Waals surface area contributed by atoms with Gasteiger partial charge in [-0.25, -0.2) is 15.0 Å². The van der Waals surface area contributed by atoms with E-state index in [1.807, 2.05) is 60.7 Å². The van der Waals surface area contributed by atoms with E-state index in [-0.39, 0.29) is 0 Å². The number of ether oxygens (including phenoxy) is 1. The largest absolute Gasteiger partial charge is 0.456 e. The average Bonchev–Trinajstić information content (AvgIpc) is 3.57. The first-order valence-corrected chi connectivity index (χ1v) is 18.9. The van der Waals surface area contributed by atoms with Gasteiger partial charge in [-0.2, -0.15) is 0 Å². The lowest BCUT2D eigenvalue weighted by atomic mass is 9.65. The molecule has 0 saturated carbocycles. The summed E-state index contributed by atoms with van der Waals surface area (Å²) < 4.78 is 7.05. The molecule has 56 heavy (non-hydrogen) atoms. The van der Waals surface area contributed by atoms with Crippen molar-refractivity contribution in [3.05, 3.63) is 222 Å². The number of nitrogens with zero attached hydrogens (tertiary/aromatic N) is 3. The van der Waals surface area contributed by atoms with Gasteiger partial charge in [0.1, 0.15) is 11.5 Å². The van der Waals surface area contributed by atoms with E-state index < -0.39 is 5.41 Å². The molecule has 0 radical (unpaired) electrons. The zero-order valence-electron chi connectivity index (χ0n) is 30.3. The topological polar surface area (TPSA) is 47.9 Å². The molecule has 0 bridgehead atoms. The number of rotatable bonds is 5. The van der Waals surface area contributed by atoms with Gasteiger partial charge < -0.3 is 4.74 Å². The van der Waals surface area contributed by atoms with E-state index in [4.69, 9.17) is 19.7 Å². The van der Waals surface area contributed by atoms with Crippen LogP contribution in [0.4, 0.5) is 0 Å². The van der Waals surface area contributed by atoms with Crippen molar-refractivity contribution in [3.63, 3.8) is 0 Å². The molecule has 1 aliphatic heterocycles. The molecule has 2 heterocycles. The number of para-hydroxylation sites is 2. The van der Waals surface area contributed by atoms with Crippen molar-refractivity contribution in [1.82, 2.24) is 15.0 Å². The van der Waals surface area contributed by atoms with Gasteiger partial charge in [-0.15, -0.1) is 0 Å². The second kappa shape index (κ2) is 12.9. The molecular formula is C52H33N3O. The summed E-state index contributed by atoms with van der Waals surface area (Å²) in [4.78, 5) is 15.0. The van der Waals surface area contributed by atoms with Crippen molar-refractivity contribution in [2.75, 3.05) is 0 Å². The van der Waals surface area contributed by atoms with Crippen LogP contribution >= 0.6 is 0 Å². The fourth-order valence-electron chi connectivity index (χ4n) is 8.82. The molecule has 4 heteroatoms. The molecule has 1 aliphatic carbocycles. The summed E-state index contributed by atoms with van der Waals surface area (Å²) in [6, 6.07) is 70.2. The van der Waals surface area contributed by atoms with Crippen molar-refractivity contribution >= 4 is 0 Å². The molecule has 9 aromatic rings. The Kier molecular flexibility index (Phi) is 7.36. The maximum Gasteiger partial charge on any atom is 0.164 e. The Hall–Kier alpha value is -7.43. The molecule has 0 atom stereocenters. The molecule has 1 aromatic heterocycles. The molecule has 8 aromatic carbocycles. The first-order valence-electron chi connectivity index (χ1n) is 18.9.